The van der Waals surface area contributed by atoms with Crippen molar-refractivity contribution in [2.75, 3.05) is 20.3 Å². The number of hydrogen-bond donors (Lipinski definition) is 1. The van der Waals surface area contributed by atoms with E-state index >= 15 is 0 Å². The Balaban J connectivity index is 1.89. The molecule has 1 aliphatic rings. The van der Waals surface area contributed by atoms with E-state index in [1.54, 1.807) is 19.2 Å². The largest absolute Gasteiger partial charge is 0.497 e. The van der Waals surface area contributed by atoms with E-state index in [0.717, 1.165) is 25.9 Å². The number of hydrogen-bond acceptors (Lipinski definition) is 4. The van der Waals surface area contributed by atoms with E-state index in [-0.39, 0.29) is 11.0 Å². The van der Waals surface area contributed by atoms with E-state index in [9.17, 15) is 8.42 Å². The van der Waals surface area contributed by atoms with Gasteiger partial charge in [-0.1, -0.05) is 0 Å². The molecule has 0 spiro atoms. The predicted octanol–water partition coefficient (Wildman–Crippen LogP) is 1.54. The van der Waals surface area contributed by atoms with E-state index in [2.05, 4.69) is 4.72 Å². The smallest absolute Gasteiger partial charge is 0.240 e. The summed E-state index contributed by atoms with van der Waals surface area (Å²) in [7, 11) is -1.89. The lowest BCUT2D eigenvalue weighted by atomic mass is 10.2. The molecular formula is C13H19NO4S. The highest BCUT2D eigenvalue weighted by molar-refractivity contribution is 7.89. The molecule has 1 aromatic carbocycles. The first-order chi connectivity index (χ1) is 9.12. The maximum Gasteiger partial charge on any atom is 0.240 e. The van der Waals surface area contributed by atoms with Gasteiger partial charge in [0.2, 0.25) is 10.0 Å². The van der Waals surface area contributed by atoms with Crippen LogP contribution in [0.1, 0.15) is 19.3 Å². The third kappa shape index (κ3) is 3.92. The SMILES string of the molecule is COc1ccc(S(=O)(=O)NCCC2CCCO2)cc1. The van der Waals surface area contributed by atoms with Crippen molar-refractivity contribution in [3.05, 3.63) is 24.3 Å². The first-order valence-corrected chi connectivity index (χ1v) is 7.85. The highest BCUT2D eigenvalue weighted by Gasteiger charge is 2.18. The molecule has 0 aliphatic carbocycles. The lowest BCUT2D eigenvalue weighted by Crippen LogP contribution is -2.27. The molecule has 2 rings (SSSR count). The van der Waals surface area contributed by atoms with Crippen molar-refractivity contribution < 1.29 is 17.9 Å². The molecule has 0 radical (unpaired) electrons. The lowest BCUT2D eigenvalue weighted by Gasteiger charge is -2.10. The molecule has 1 heterocycles. The van der Waals surface area contributed by atoms with Crippen LogP contribution < -0.4 is 9.46 Å². The third-order valence-electron chi connectivity index (χ3n) is 3.15. The van der Waals surface area contributed by atoms with Crippen molar-refractivity contribution in [1.82, 2.24) is 4.72 Å². The zero-order chi connectivity index (χ0) is 13.7. The zero-order valence-corrected chi connectivity index (χ0v) is 11.8. The minimum Gasteiger partial charge on any atom is -0.497 e. The van der Waals surface area contributed by atoms with Gasteiger partial charge < -0.3 is 9.47 Å². The van der Waals surface area contributed by atoms with Gasteiger partial charge in [-0.2, -0.15) is 0 Å². The van der Waals surface area contributed by atoms with Crippen LogP contribution in [0.2, 0.25) is 0 Å². The van der Waals surface area contributed by atoms with Crippen LogP contribution in [0.5, 0.6) is 5.75 Å². The second-order valence-corrected chi connectivity index (χ2v) is 6.26. The minimum atomic E-state index is -3.44. The summed E-state index contributed by atoms with van der Waals surface area (Å²) in [5, 5.41) is 0. The summed E-state index contributed by atoms with van der Waals surface area (Å²) < 4.78 is 37.1. The Bertz CT molecular complexity index is 492. The summed E-state index contributed by atoms with van der Waals surface area (Å²) in [4.78, 5) is 0.251. The van der Waals surface area contributed by atoms with Crippen LogP contribution in [0.4, 0.5) is 0 Å². The van der Waals surface area contributed by atoms with Crippen molar-refractivity contribution in [3.63, 3.8) is 0 Å². The van der Waals surface area contributed by atoms with Gasteiger partial charge >= 0.3 is 0 Å². The maximum absolute atomic E-state index is 12.0. The molecule has 0 bridgehead atoms. The Kier molecular flexibility index (Phi) is 4.79. The molecule has 19 heavy (non-hydrogen) atoms. The first-order valence-electron chi connectivity index (χ1n) is 6.37. The molecule has 1 N–H and O–H groups in total. The predicted molar refractivity (Wildman–Crippen MR) is 71.8 cm³/mol. The van der Waals surface area contributed by atoms with Crippen molar-refractivity contribution >= 4 is 10.0 Å². The van der Waals surface area contributed by atoms with E-state index in [1.165, 1.54) is 12.1 Å². The molecule has 5 nitrogen and oxygen atoms in total. The molecule has 1 aliphatic heterocycles. The van der Waals surface area contributed by atoms with Crippen LogP contribution in [0.15, 0.2) is 29.2 Å². The van der Waals surface area contributed by atoms with Crippen molar-refractivity contribution in [1.29, 1.82) is 0 Å². The van der Waals surface area contributed by atoms with Gasteiger partial charge in [-0.05, 0) is 43.5 Å². The Morgan fingerprint density at radius 2 is 2.11 bits per heavy atom. The molecule has 6 heteroatoms. The topological polar surface area (TPSA) is 64.6 Å². The fourth-order valence-corrected chi connectivity index (χ4v) is 3.11. The van der Waals surface area contributed by atoms with E-state index < -0.39 is 10.0 Å². The first kappa shape index (κ1) is 14.3. The zero-order valence-electron chi connectivity index (χ0n) is 11.0. The van der Waals surface area contributed by atoms with Gasteiger partial charge in [0.05, 0.1) is 18.1 Å². The Labute approximate surface area is 114 Å². The van der Waals surface area contributed by atoms with Gasteiger partial charge in [0.1, 0.15) is 5.75 Å². The molecule has 0 aromatic heterocycles. The van der Waals surface area contributed by atoms with E-state index in [0.29, 0.717) is 12.3 Å². The number of sulfonamides is 1. The molecular weight excluding hydrogens is 266 g/mol. The summed E-state index contributed by atoms with van der Waals surface area (Å²) in [5.74, 6) is 0.637. The number of nitrogens with one attached hydrogen (secondary N) is 1. The van der Waals surface area contributed by atoms with Crippen LogP contribution in [0, 0.1) is 0 Å². The summed E-state index contributed by atoms with van der Waals surface area (Å²) in [5.41, 5.74) is 0. The Morgan fingerprint density at radius 1 is 1.37 bits per heavy atom. The van der Waals surface area contributed by atoms with Crippen LogP contribution in [-0.4, -0.2) is 34.8 Å². The molecule has 1 aromatic rings. The summed E-state index contributed by atoms with van der Waals surface area (Å²) >= 11 is 0. The Hall–Kier alpha value is -1.11. The fraction of sp³-hybridized carbons (Fsp3) is 0.538. The van der Waals surface area contributed by atoms with E-state index in [4.69, 9.17) is 9.47 Å². The average molecular weight is 285 g/mol. The minimum absolute atomic E-state index is 0.193. The second-order valence-electron chi connectivity index (χ2n) is 4.50. The summed E-state index contributed by atoms with van der Waals surface area (Å²) in [6.07, 6.45) is 2.99. The maximum atomic E-state index is 12.0. The van der Waals surface area contributed by atoms with Gasteiger partial charge in [-0.3, -0.25) is 0 Å². The second kappa shape index (κ2) is 6.36. The number of rotatable bonds is 6. The van der Waals surface area contributed by atoms with Crippen LogP contribution >= 0.6 is 0 Å². The average Bonchev–Trinajstić information content (AvgIpc) is 2.92. The molecule has 1 fully saturated rings. The number of benzene rings is 1. The van der Waals surface area contributed by atoms with Gasteiger partial charge in [0.15, 0.2) is 0 Å². The van der Waals surface area contributed by atoms with E-state index in [1.807, 2.05) is 0 Å². The lowest BCUT2D eigenvalue weighted by molar-refractivity contribution is 0.105. The fourth-order valence-electron chi connectivity index (χ4n) is 2.06. The quantitative estimate of drug-likeness (QED) is 0.861. The molecule has 1 saturated heterocycles. The van der Waals surface area contributed by atoms with Crippen LogP contribution in [0.25, 0.3) is 0 Å². The normalized spacial score (nSPS) is 19.5. The van der Waals surface area contributed by atoms with Crippen molar-refractivity contribution in [3.8, 4) is 5.75 Å². The van der Waals surface area contributed by atoms with Crippen LogP contribution in [-0.2, 0) is 14.8 Å². The monoisotopic (exact) mass is 285 g/mol. The van der Waals surface area contributed by atoms with Crippen molar-refractivity contribution in [2.24, 2.45) is 0 Å². The van der Waals surface area contributed by atoms with Crippen molar-refractivity contribution in [2.45, 2.75) is 30.3 Å². The Morgan fingerprint density at radius 3 is 2.68 bits per heavy atom. The van der Waals surface area contributed by atoms with Crippen LogP contribution in [0.3, 0.4) is 0 Å². The molecule has 0 amide bonds. The van der Waals surface area contributed by atoms with Gasteiger partial charge in [0.25, 0.3) is 0 Å². The highest BCUT2D eigenvalue weighted by atomic mass is 32.2. The standard InChI is InChI=1S/C13H19NO4S/c1-17-11-4-6-13(7-5-11)19(15,16)14-9-8-12-3-2-10-18-12/h4-7,12,14H,2-3,8-10H2,1H3. The summed E-state index contributed by atoms with van der Waals surface area (Å²) in [6.45, 7) is 1.19. The molecule has 1 unspecified atom stereocenters. The van der Waals surface area contributed by atoms with Gasteiger partial charge in [0, 0.05) is 13.2 Å². The third-order valence-corrected chi connectivity index (χ3v) is 4.63. The highest BCUT2D eigenvalue weighted by Crippen LogP contribution is 2.17. The number of ether oxygens (including phenoxy) is 2. The van der Waals surface area contributed by atoms with Gasteiger partial charge in [-0.25, -0.2) is 13.1 Å². The molecule has 0 saturated carbocycles. The van der Waals surface area contributed by atoms with Gasteiger partial charge in [-0.15, -0.1) is 0 Å². The molecule has 1 atom stereocenters. The number of methoxy groups -OCH3 is 1. The molecule has 106 valence electrons. The summed E-state index contributed by atoms with van der Waals surface area (Å²) in [6, 6.07) is 6.34.